The predicted octanol–water partition coefficient (Wildman–Crippen LogP) is 18.5. The van der Waals surface area contributed by atoms with Crippen LogP contribution < -0.4 is 5.73 Å². The molecule has 2 unspecified atom stereocenters. The van der Waals surface area contributed by atoms with Gasteiger partial charge in [-0.05, 0) is 64.2 Å². The van der Waals surface area contributed by atoms with Crippen molar-refractivity contribution in [3.8, 4) is 0 Å². The largest absolute Gasteiger partial charge is 0.472 e. The lowest BCUT2D eigenvalue weighted by Gasteiger charge is -2.19. The van der Waals surface area contributed by atoms with Crippen molar-refractivity contribution in [2.24, 2.45) is 5.73 Å². The molecule has 0 aromatic heterocycles. The zero-order valence-electron chi connectivity index (χ0n) is 45.9. The van der Waals surface area contributed by atoms with Gasteiger partial charge in [0, 0.05) is 19.4 Å². The van der Waals surface area contributed by atoms with Gasteiger partial charge in [-0.3, -0.25) is 18.6 Å². The summed E-state index contributed by atoms with van der Waals surface area (Å²) in [6.07, 6.45) is 72.9. The van der Waals surface area contributed by atoms with Gasteiger partial charge >= 0.3 is 19.8 Å². The normalized spacial score (nSPS) is 13.6. The summed E-state index contributed by atoms with van der Waals surface area (Å²) in [5.74, 6) is -0.821. The predicted molar refractivity (Wildman–Crippen MR) is 302 cm³/mol. The Bertz CT molecular complexity index is 1390. The Balaban J connectivity index is 3.71. The average molecular weight is 1020 g/mol. The van der Waals surface area contributed by atoms with Crippen LogP contribution in [0.3, 0.4) is 0 Å². The van der Waals surface area contributed by atoms with Gasteiger partial charge in [-0.15, -0.1) is 0 Å². The second-order valence-electron chi connectivity index (χ2n) is 19.5. The lowest BCUT2D eigenvalue weighted by molar-refractivity contribution is -0.161. The van der Waals surface area contributed by atoms with Crippen LogP contribution >= 0.6 is 7.82 Å². The smallest absolute Gasteiger partial charge is 0.462 e. The highest BCUT2D eigenvalue weighted by Gasteiger charge is 2.26. The summed E-state index contributed by atoms with van der Waals surface area (Å²) in [5.41, 5.74) is 5.36. The van der Waals surface area contributed by atoms with E-state index in [1.165, 1.54) is 167 Å². The van der Waals surface area contributed by atoms with Crippen molar-refractivity contribution < 1.29 is 37.6 Å². The summed E-state index contributed by atoms with van der Waals surface area (Å²) in [4.78, 5) is 34.9. The Morgan fingerprint density at radius 2 is 0.775 bits per heavy atom. The molecule has 0 radical (unpaired) electrons. The van der Waals surface area contributed by atoms with Gasteiger partial charge in [0.2, 0.25) is 0 Å². The van der Waals surface area contributed by atoms with Gasteiger partial charge in [0.15, 0.2) is 6.10 Å². The van der Waals surface area contributed by atoms with Gasteiger partial charge in [-0.25, -0.2) is 4.57 Å². The van der Waals surface area contributed by atoms with E-state index in [9.17, 15) is 19.0 Å². The lowest BCUT2D eigenvalue weighted by Crippen LogP contribution is -2.29. The van der Waals surface area contributed by atoms with E-state index in [0.717, 1.165) is 70.6 Å². The van der Waals surface area contributed by atoms with E-state index >= 15 is 0 Å². The van der Waals surface area contributed by atoms with Gasteiger partial charge in [-0.1, -0.05) is 267 Å². The molecule has 10 heteroatoms. The Labute approximate surface area is 437 Å². The van der Waals surface area contributed by atoms with Crippen LogP contribution in [0.4, 0.5) is 0 Å². The van der Waals surface area contributed by atoms with Gasteiger partial charge in [0.1, 0.15) is 6.61 Å². The first-order chi connectivity index (χ1) is 34.8. The fourth-order valence-electron chi connectivity index (χ4n) is 8.29. The van der Waals surface area contributed by atoms with E-state index in [4.69, 9.17) is 24.3 Å². The molecule has 0 saturated carbocycles. The number of unbranched alkanes of at least 4 members (excludes halogenated alkanes) is 30. The summed E-state index contributed by atoms with van der Waals surface area (Å²) in [6, 6.07) is 0. The number of phosphoric ester groups is 1. The summed E-state index contributed by atoms with van der Waals surface area (Å²) in [6.45, 7) is 3.62. The van der Waals surface area contributed by atoms with Crippen molar-refractivity contribution in [1.29, 1.82) is 0 Å². The Morgan fingerprint density at radius 3 is 1.15 bits per heavy atom. The molecule has 3 N–H and O–H groups in total. The molecule has 0 aliphatic rings. The van der Waals surface area contributed by atoms with E-state index in [2.05, 4.69) is 86.8 Å². The van der Waals surface area contributed by atoms with E-state index in [-0.39, 0.29) is 38.6 Å². The second kappa shape index (κ2) is 56.7. The zero-order valence-corrected chi connectivity index (χ0v) is 46.8. The Kier molecular flexibility index (Phi) is 54.7. The number of hydrogen-bond donors (Lipinski definition) is 2. The number of rotatable bonds is 55. The molecule has 0 spiro atoms. The topological polar surface area (TPSA) is 134 Å². The third kappa shape index (κ3) is 56.6. The lowest BCUT2D eigenvalue weighted by atomic mass is 10.0. The van der Waals surface area contributed by atoms with Gasteiger partial charge in [0.25, 0.3) is 0 Å². The van der Waals surface area contributed by atoms with Crippen molar-refractivity contribution in [3.63, 3.8) is 0 Å². The van der Waals surface area contributed by atoms with Crippen molar-refractivity contribution in [3.05, 3.63) is 72.9 Å². The number of phosphoric acid groups is 1. The van der Waals surface area contributed by atoms with Crippen LogP contribution in [0.1, 0.15) is 271 Å². The quantitative estimate of drug-likeness (QED) is 0.0264. The minimum Gasteiger partial charge on any atom is -0.462 e. The highest BCUT2D eigenvalue weighted by atomic mass is 31.2. The summed E-state index contributed by atoms with van der Waals surface area (Å²) < 4.78 is 32.9. The van der Waals surface area contributed by atoms with Crippen molar-refractivity contribution in [1.82, 2.24) is 0 Å². The van der Waals surface area contributed by atoms with Crippen molar-refractivity contribution >= 4 is 19.8 Å². The summed E-state index contributed by atoms with van der Waals surface area (Å²) in [7, 11) is -4.38. The molecule has 0 aromatic rings. The first-order valence-corrected chi connectivity index (χ1v) is 30.9. The molecule has 71 heavy (non-hydrogen) atoms. The maximum Gasteiger partial charge on any atom is 0.472 e. The second-order valence-corrected chi connectivity index (χ2v) is 20.9. The number of esters is 2. The highest BCUT2D eigenvalue weighted by Crippen LogP contribution is 2.43. The van der Waals surface area contributed by atoms with Crippen LogP contribution in [0.2, 0.25) is 0 Å². The minimum atomic E-state index is -4.38. The number of carbonyl (C=O) groups excluding carboxylic acids is 2. The SMILES string of the molecule is CC/C=C\C/C=C\C/C=C\C/C=C\C/C=C\C/C=C\CCCCCCCCCCCCCCCCCCCCCCCCC(=O)OC(COC(=O)CCCCCCCCCCC)COP(=O)(O)OCCN. The average Bonchev–Trinajstić information content (AvgIpc) is 3.36. The number of nitrogens with two attached hydrogens (primary N) is 1. The van der Waals surface area contributed by atoms with E-state index in [1.807, 2.05) is 0 Å². The molecule has 0 heterocycles. The Hall–Kier alpha value is -2.55. The summed E-state index contributed by atoms with van der Waals surface area (Å²) >= 11 is 0. The van der Waals surface area contributed by atoms with E-state index < -0.39 is 26.5 Å². The zero-order chi connectivity index (χ0) is 51.7. The molecule has 0 aliphatic heterocycles. The van der Waals surface area contributed by atoms with Crippen molar-refractivity contribution in [2.75, 3.05) is 26.4 Å². The first-order valence-electron chi connectivity index (χ1n) is 29.4. The standard InChI is InChI=1S/C61H110NO8P/c1-3-5-7-9-11-13-14-15-16-17-18-19-20-21-22-23-24-25-26-27-28-29-30-31-32-33-34-35-36-37-38-39-40-41-42-43-44-46-48-50-52-54-61(64)70-59(58-69-71(65,66)68-56-55-62)57-67-60(63)53-51-49-47-45-12-10-8-6-4-2/h5,7,11,13,15-16,18-19,21-22,24-25,59H,3-4,6,8-10,12,14,17,20,23,26-58,62H2,1-2H3,(H,65,66)/b7-5-,13-11-,16-15-,19-18-,22-21-,25-24-. The first kappa shape index (κ1) is 68.5. The maximum atomic E-state index is 12.6. The molecule has 0 aliphatic carbocycles. The molecule has 0 aromatic carbocycles. The van der Waals surface area contributed by atoms with Crippen LogP contribution in [0.5, 0.6) is 0 Å². The number of ether oxygens (including phenoxy) is 2. The van der Waals surface area contributed by atoms with Crippen LogP contribution in [0, 0.1) is 0 Å². The van der Waals surface area contributed by atoms with Crippen molar-refractivity contribution in [2.45, 2.75) is 277 Å². The minimum absolute atomic E-state index is 0.0546. The molecule has 0 bridgehead atoms. The molecule has 0 fully saturated rings. The number of allylic oxidation sites excluding steroid dienone is 12. The maximum absolute atomic E-state index is 12.6. The molecule has 9 nitrogen and oxygen atoms in total. The molecule has 2 atom stereocenters. The fraction of sp³-hybridized carbons (Fsp3) is 0.770. The molecular weight excluding hydrogens is 906 g/mol. The van der Waals surface area contributed by atoms with E-state index in [1.54, 1.807) is 0 Å². The summed E-state index contributed by atoms with van der Waals surface area (Å²) in [5, 5.41) is 0. The molecular formula is C61H110NO8P. The molecule has 412 valence electrons. The molecule has 0 saturated heterocycles. The Morgan fingerprint density at radius 1 is 0.437 bits per heavy atom. The van der Waals surface area contributed by atoms with Gasteiger partial charge in [-0.2, -0.15) is 0 Å². The third-order valence-electron chi connectivity index (χ3n) is 12.6. The molecule has 0 amide bonds. The van der Waals surface area contributed by atoms with Crippen LogP contribution in [0.15, 0.2) is 72.9 Å². The van der Waals surface area contributed by atoms with Crippen LogP contribution in [-0.4, -0.2) is 49.3 Å². The number of carbonyl (C=O) groups is 2. The highest BCUT2D eigenvalue weighted by molar-refractivity contribution is 7.47. The van der Waals surface area contributed by atoms with Crippen LogP contribution in [0.25, 0.3) is 0 Å². The van der Waals surface area contributed by atoms with Gasteiger partial charge in [0.05, 0.1) is 13.2 Å². The monoisotopic (exact) mass is 1020 g/mol. The molecule has 0 rings (SSSR count). The third-order valence-corrected chi connectivity index (χ3v) is 13.6. The van der Waals surface area contributed by atoms with E-state index in [0.29, 0.717) is 6.42 Å². The van der Waals surface area contributed by atoms with Gasteiger partial charge < -0.3 is 20.1 Å². The van der Waals surface area contributed by atoms with Crippen LogP contribution in [-0.2, 0) is 32.7 Å². The fourth-order valence-corrected chi connectivity index (χ4v) is 9.05. The number of hydrogen-bond acceptors (Lipinski definition) is 8.